The van der Waals surface area contributed by atoms with Crippen LogP contribution in [-0.4, -0.2) is 73.9 Å². The second-order valence-electron chi connectivity index (χ2n) is 8.56. The van der Waals surface area contributed by atoms with Crippen LogP contribution in [0.15, 0.2) is 29.2 Å². The number of carbonyl (C=O) groups is 1. The molecule has 1 saturated carbocycles. The first-order chi connectivity index (χ1) is 14.8. The first kappa shape index (κ1) is 22.6. The highest BCUT2D eigenvalue weighted by Gasteiger charge is 2.43. The van der Waals surface area contributed by atoms with E-state index in [2.05, 4.69) is 5.32 Å². The van der Waals surface area contributed by atoms with Gasteiger partial charge in [0.2, 0.25) is 15.9 Å². The molecule has 172 valence electrons. The molecular formula is C21H29FN2O6S. The van der Waals surface area contributed by atoms with Crippen molar-refractivity contribution < 1.29 is 32.2 Å². The van der Waals surface area contributed by atoms with Gasteiger partial charge in [-0.15, -0.1) is 0 Å². The monoisotopic (exact) mass is 456 g/mol. The van der Waals surface area contributed by atoms with Crippen molar-refractivity contribution in [1.82, 2.24) is 9.62 Å². The van der Waals surface area contributed by atoms with Crippen molar-refractivity contribution in [3.05, 3.63) is 30.1 Å². The van der Waals surface area contributed by atoms with Gasteiger partial charge < -0.3 is 19.9 Å². The smallest absolute Gasteiger partial charge is 0.243 e. The highest BCUT2D eigenvalue weighted by molar-refractivity contribution is 7.89. The Labute approximate surface area is 181 Å². The predicted octanol–water partition coefficient (Wildman–Crippen LogP) is 1.18. The zero-order valence-corrected chi connectivity index (χ0v) is 18.1. The maximum Gasteiger partial charge on any atom is 0.243 e. The fourth-order valence-corrected chi connectivity index (χ4v) is 6.13. The van der Waals surface area contributed by atoms with Crippen LogP contribution in [0.1, 0.15) is 38.5 Å². The van der Waals surface area contributed by atoms with Crippen LogP contribution in [0.3, 0.4) is 0 Å². The van der Waals surface area contributed by atoms with Crippen molar-refractivity contribution in [2.24, 2.45) is 0 Å². The number of nitrogens with one attached hydrogen (secondary N) is 1. The summed E-state index contributed by atoms with van der Waals surface area (Å²) in [6.07, 6.45) is 2.42. The third kappa shape index (κ3) is 5.25. The highest BCUT2D eigenvalue weighted by Crippen LogP contribution is 2.31. The number of carbonyl (C=O) groups excluding carboxylic acids is 1. The summed E-state index contributed by atoms with van der Waals surface area (Å²) in [5, 5.41) is 13.2. The molecular weight excluding hydrogens is 427 g/mol. The standard InChI is InChI=1S/C21H29FN2O6S/c22-14-3-1-6-18(9-14)31(27,28)24-11-16(25)12-29-13-20-19(24)8-7-17(30-20)10-21(26)23-15-4-2-5-15/h1,3,6,9,15-17,19-20,25H,2,4-5,7-8,10-13H2,(H,23,26)/t16-,17+,19-,20+/m1/s1. The number of halogens is 1. The van der Waals surface area contributed by atoms with Crippen molar-refractivity contribution in [3.63, 3.8) is 0 Å². The summed E-state index contributed by atoms with van der Waals surface area (Å²) in [6.45, 7) is -0.0948. The first-order valence-corrected chi connectivity index (χ1v) is 12.2. The number of fused-ring (bicyclic) bond motifs is 1. The van der Waals surface area contributed by atoms with E-state index in [1.807, 2.05) is 0 Å². The Hall–Kier alpha value is -1.59. The number of β-amino-alcohol motifs (C(OH)–C–C–N with tert-alkyl or cyclic N) is 1. The van der Waals surface area contributed by atoms with Gasteiger partial charge in [0.25, 0.3) is 0 Å². The number of aliphatic hydroxyl groups excluding tert-OH is 1. The van der Waals surface area contributed by atoms with Gasteiger partial charge in [-0.25, -0.2) is 12.8 Å². The van der Waals surface area contributed by atoms with E-state index in [4.69, 9.17) is 9.47 Å². The van der Waals surface area contributed by atoms with Gasteiger partial charge in [-0.3, -0.25) is 4.79 Å². The Morgan fingerprint density at radius 2 is 2.03 bits per heavy atom. The van der Waals surface area contributed by atoms with E-state index in [1.54, 1.807) is 0 Å². The molecule has 8 nitrogen and oxygen atoms in total. The molecule has 1 aromatic rings. The normalized spacial score (nSPS) is 30.5. The third-order valence-corrected chi connectivity index (χ3v) is 8.11. The molecule has 31 heavy (non-hydrogen) atoms. The minimum atomic E-state index is -4.06. The molecule has 0 radical (unpaired) electrons. The summed E-state index contributed by atoms with van der Waals surface area (Å²) in [5.41, 5.74) is 0. The SMILES string of the molecule is O=C(C[C@@H]1CC[C@@H]2[C@H](COC[C@H](O)CN2S(=O)(=O)c2cccc(F)c2)O1)NC1CCC1. The van der Waals surface area contributed by atoms with E-state index < -0.39 is 34.1 Å². The topological polar surface area (TPSA) is 105 Å². The average Bonchev–Trinajstić information content (AvgIpc) is 2.68. The van der Waals surface area contributed by atoms with Gasteiger partial charge in [0.15, 0.2) is 0 Å². The number of hydrogen-bond acceptors (Lipinski definition) is 6. The molecule has 1 aliphatic carbocycles. The van der Waals surface area contributed by atoms with Crippen molar-refractivity contribution in [2.75, 3.05) is 19.8 Å². The lowest BCUT2D eigenvalue weighted by molar-refractivity contribution is -0.147. The van der Waals surface area contributed by atoms with Crippen molar-refractivity contribution in [1.29, 1.82) is 0 Å². The maximum atomic E-state index is 13.7. The Morgan fingerprint density at radius 1 is 1.23 bits per heavy atom. The lowest BCUT2D eigenvalue weighted by atomic mass is 9.92. The molecule has 2 saturated heterocycles. The Bertz CT molecular complexity index is 894. The number of amides is 1. The van der Waals surface area contributed by atoms with E-state index >= 15 is 0 Å². The largest absolute Gasteiger partial charge is 0.389 e. The molecule has 4 atom stereocenters. The molecule has 3 fully saturated rings. The minimum absolute atomic E-state index is 0.0332. The molecule has 1 aromatic carbocycles. The van der Waals surface area contributed by atoms with Crippen LogP contribution in [0.5, 0.6) is 0 Å². The summed E-state index contributed by atoms with van der Waals surface area (Å²) in [7, 11) is -4.06. The van der Waals surface area contributed by atoms with Crippen LogP contribution in [0.25, 0.3) is 0 Å². The summed E-state index contributed by atoms with van der Waals surface area (Å²) in [6, 6.07) is 4.52. The van der Waals surface area contributed by atoms with E-state index in [0.717, 1.165) is 25.3 Å². The molecule has 4 rings (SSSR count). The zero-order chi connectivity index (χ0) is 22.0. The highest BCUT2D eigenvalue weighted by atomic mass is 32.2. The van der Waals surface area contributed by atoms with Gasteiger partial charge in [-0.2, -0.15) is 4.31 Å². The Kier molecular flexibility index (Phi) is 6.92. The minimum Gasteiger partial charge on any atom is -0.389 e. The van der Waals surface area contributed by atoms with Gasteiger partial charge in [0, 0.05) is 12.6 Å². The molecule has 3 aliphatic rings. The number of aliphatic hydroxyl groups is 1. The van der Waals surface area contributed by atoms with Gasteiger partial charge in [-0.1, -0.05) is 6.07 Å². The second kappa shape index (κ2) is 9.50. The summed E-state index contributed by atoms with van der Waals surface area (Å²) in [5.74, 6) is -0.703. The first-order valence-electron chi connectivity index (χ1n) is 10.8. The van der Waals surface area contributed by atoms with Crippen LogP contribution in [-0.2, 0) is 24.3 Å². The maximum absolute atomic E-state index is 13.7. The zero-order valence-electron chi connectivity index (χ0n) is 17.3. The predicted molar refractivity (Wildman–Crippen MR) is 109 cm³/mol. The lowest BCUT2D eigenvalue weighted by Crippen LogP contribution is -2.57. The van der Waals surface area contributed by atoms with Crippen molar-refractivity contribution in [2.45, 2.75) is 73.8 Å². The summed E-state index contributed by atoms with van der Waals surface area (Å²) in [4.78, 5) is 12.1. The van der Waals surface area contributed by atoms with Crippen LogP contribution in [0, 0.1) is 5.82 Å². The number of ether oxygens (including phenoxy) is 2. The number of hydrogen-bond donors (Lipinski definition) is 2. The van der Waals surface area contributed by atoms with Crippen molar-refractivity contribution in [3.8, 4) is 0 Å². The third-order valence-electron chi connectivity index (χ3n) is 6.22. The fraction of sp³-hybridized carbons (Fsp3) is 0.667. The number of sulfonamides is 1. The molecule has 0 aromatic heterocycles. The van der Waals surface area contributed by atoms with E-state index in [1.165, 1.54) is 22.5 Å². The van der Waals surface area contributed by atoms with E-state index in [9.17, 15) is 22.7 Å². The molecule has 0 spiro atoms. The Balaban J connectivity index is 1.49. The summed E-state index contributed by atoms with van der Waals surface area (Å²) >= 11 is 0. The van der Waals surface area contributed by atoms with Gasteiger partial charge >= 0.3 is 0 Å². The van der Waals surface area contributed by atoms with Gasteiger partial charge in [0.1, 0.15) is 5.82 Å². The Morgan fingerprint density at radius 3 is 2.74 bits per heavy atom. The van der Waals surface area contributed by atoms with E-state index in [0.29, 0.717) is 12.8 Å². The summed E-state index contributed by atoms with van der Waals surface area (Å²) < 4.78 is 53.2. The second-order valence-corrected chi connectivity index (χ2v) is 10.5. The molecule has 2 N–H and O–H groups in total. The molecule has 2 aliphatic heterocycles. The van der Waals surface area contributed by atoms with Crippen LogP contribution in [0.2, 0.25) is 0 Å². The molecule has 0 bridgehead atoms. The van der Waals surface area contributed by atoms with Crippen LogP contribution in [0.4, 0.5) is 4.39 Å². The van der Waals surface area contributed by atoms with Crippen LogP contribution < -0.4 is 5.32 Å². The number of rotatable bonds is 5. The molecule has 1 amide bonds. The van der Waals surface area contributed by atoms with Gasteiger partial charge in [-0.05, 0) is 50.3 Å². The van der Waals surface area contributed by atoms with Crippen molar-refractivity contribution >= 4 is 15.9 Å². The van der Waals surface area contributed by atoms with E-state index in [-0.39, 0.29) is 49.1 Å². The average molecular weight is 457 g/mol. The van der Waals surface area contributed by atoms with Crippen LogP contribution >= 0.6 is 0 Å². The molecule has 0 unspecified atom stereocenters. The molecule has 2 heterocycles. The number of nitrogens with zero attached hydrogens (tertiary/aromatic N) is 1. The lowest BCUT2D eigenvalue weighted by Gasteiger charge is -2.43. The molecule has 10 heteroatoms. The quantitative estimate of drug-likeness (QED) is 0.690. The van der Waals surface area contributed by atoms with Gasteiger partial charge in [0.05, 0.1) is 48.9 Å². The number of benzene rings is 1. The fourth-order valence-electron chi connectivity index (χ4n) is 4.38.